The summed E-state index contributed by atoms with van der Waals surface area (Å²) < 4.78 is 25.8. The number of benzene rings is 2. The maximum atomic E-state index is 12.9. The molecular weight excluding hydrogens is 418 g/mol. The van der Waals surface area contributed by atoms with Gasteiger partial charge >= 0.3 is 6.03 Å². The molecule has 7 nitrogen and oxygen atoms in total. The van der Waals surface area contributed by atoms with E-state index in [1.165, 1.54) is 24.3 Å². The van der Waals surface area contributed by atoms with Crippen LogP contribution in [-0.2, 0) is 22.6 Å². The van der Waals surface area contributed by atoms with Crippen LogP contribution in [0.25, 0.3) is 0 Å². The minimum atomic E-state index is -0.719. The molecule has 9 heteroatoms. The fourth-order valence-electron chi connectivity index (χ4n) is 2.91. The fourth-order valence-corrected chi connectivity index (χ4v) is 2.91. The predicted molar refractivity (Wildman–Crippen MR) is 117 cm³/mol. The average Bonchev–Trinajstić information content (AvgIpc) is 2.77. The van der Waals surface area contributed by atoms with Crippen molar-refractivity contribution >= 4 is 17.8 Å². The highest BCUT2D eigenvalue weighted by Gasteiger charge is 2.19. The Balaban J connectivity index is 1.69. The van der Waals surface area contributed by atoms with Crippen molar-refractivity contribution in [2.24, 2.45) is 0 Å². The molecule has 4 N–H and O–H groups in total. The van der Waals surface area contributed by atoms with Gasteiger partial charge in [-0.15, -0.1) is 0 Å². The molecule has 0 aromatic heterocycles. The van der Waals surface area contributed by atoms with Gasteiger partial charge in [0.25, 0.3) is 0 Å². The molecule has 0 saturated heterocycles. The van der Waals surface area contributed by atoms with Gasteiger partial charge in [0.05, 0.1) is 6.42 Å². The molecule has 0 heterocycles. The molecule has 0 saturated carbocycles. The number of hydrogen-bond acceptors (Lipinski definition) is 3. The largest absolute Gasteiger partial charge is 0.354 e. The zero-order chi connectivity index (χ0) is 23.3. The van der Waals surface area contributed by atoms with E-state index in [4.69, 9.17) is 0 Å². The monoisotopic (exact) mass is 446 g/mol. The first-order valence-electron chi connectivity index (χ1n) is 10.4. The number of amides is 4. The van der Waals surface area contributed by atoms with Crippen molar-refractivity contribution in [3.63, 3.8) is 0 Å². The summed E-state index contributed by atoms with van der Waals surface area (Å²) in [5.41, 5.74) is 1.42. The Bertz CT molecular complexity index is 889. The van der Waals surface area contributed by atoms with E-state index < -0.39 is 12.1 Å². The first-order chi connectivity index (χ1) is 15.4. The molecule has 0 spiro atoms. The second-order valence-electron chi connectivity index (χ2n) is 7.24. The summed E-state index contributed by atoms with van der Waals surface area (Å²) in [6.45, 7) is 2.52. The maximum absolute atomic E-state index is 12.9. The van der Waals surface area contributed by atoms with Crippen molar-refractivity contribution < 1.29 is 23.2 Å². The maximum Gasteiger partial charge on any atom is 0.315 e. The lowest BCUT2D eigenvalue weighted by molar-refractivity contribution is -0.124. The first kappa shape index (κ1) is 24.8. The van der Waals surface area contributed by atoms with Gasteiger partial charge in [0, 0.05) is 19.6 Å². The van der Waals surface area contributed by atoms with Gasteiger partial charge in [-0.05, 0) is 41.8 Å². The minimum absolute atomic E-state index is 0.114. The lowest BCUT2D eigenvalue weighted by Crippen LogP contribution is -2.50. The second kappa shape index (κ2) is 13.0. The van der Waals surface area contributed by atoms with Crippen LogP contribution in [0.2, 0.25) is 0 Å². The van der Waals surface area contributed by atoms with Crippen LogP contribution < -0.4 is 21.3 Å². The zero-order valence-corrected chi connectivity index (χ0v) is 17.9. The quantitative estimate of drug-likeness (QED) is 0.399. The Labute approximate surface area is 186 Å². The molecule has 0 radical (unpaired) electrons. The van der Waals surface area contributed by atoms with Gasteiger partial charge < -0.3 is 21.3 Å². The van der Waals surface area contributed by atoms with Gasteiger partial charge in [0.15, 0.2) is 0 Å². The predicted octanol–water partition coefficient (Wildman–Crippen LogP) is 2.41. The third-order valence-corrected chi connectivity index (χ3v) is 4.59. The molecule has 0 aliphatic carbocycles. The topological polar surface area (TPSA) is 99.3 Å². The molecule has 172 valence electrons. The smallest absolute Gasteiger partial charge is 0.315 e. The fraction of sp³-hybridized carbons (Fsp3) is 0.348. The van der Waals surface area contributed by atoms with Gasteiger partial charge in [0.2, 0.25) is 11.8 Å². The summed E-state index contributed by atoms with van der Waals surface area (Å²) in [5.74, 6) is -1.31. The van der Waals surface area contributed by atoms with Crippen molar-refractivity contribution in [1.29, 1.82) is 0 Å². The standard InChI is InChI=1S/C23H28F2N4O3/c1-2-3-20(29-23(32)28-15-17-6-10-19(25)11-7-17)22(31)27-13-12-26-21(30)14-16-4-8-18(24)9-5-16/h4-11,20H,2-3,12-15H2,1H3,(H,26,30)(H,27,31)(H2,28,29,32). The number of carbonyl (C=O) groups is 3. The first-order valence-corrected chi connectivity index (χ1v) is 10.4. The van der Waals surface area contributed by atoms with E-state index in [0.717, 1.165) is 5.56 Å². The number of rotatable bonds is 11. The van der Waals surface area contributed by atoms with Crippen LogP contribution in [0.1, 0.15) is 30.9 Å². The summed E-state index contributed by atoms with van der Waals surface area (Å²) in [5, 5.41) is 10.6. The number of nitrogens with one attached hydrogen (secondary N) is 4. The van der Waals surface area contributed by atoms with Crippen LogP contribution >= 0.6 is 0 Å². The van der Waals surface area contributed by atoms with Gasteiger partial charge in [0.1, 0.15) is 17.7 Å². The van der Waals surface area contributed by atoms with Crippen LogP contribution in [0, 0.1) is 11.6 Å². The Morgan fingerprint density at radius 2 is 1.38 bits per heavy atom. The van der Waals surface area contributed by atoms with Crippen LogP contribution in [0.3, 0.4) is 0 Å². The molecule has 0 aliphatic rings. The van der Waals surface area contributed by atoms with Crippen molar-refractivity contribution in [3.05, 3.63) is 71.3 Å². The highest BCUT2D eigenvalue weighted by molar-refractivity contribution is 5.87. The Morgan fingerprint density at radius 3 is 1.97 bits per heavy atom. The van der Waals surface area contributed by atoms with E-state index in [0.29, 0.717) is 18.4 Å². The van der Waals surface area contributed by atoms with E-state index in [1.807, 2.05) is 6.92 Å². The zero-order valence-electron chi connectivity index (χ0n) is 17.9. The third kappa shape index (κ3) is 9.11. The number of carbonyl (C=O) groups excluding carboxylic acids is 3. The van der Waals surface area contributed by atoms with E-state index in [2.05, 4.69) is 21.3 Å². The summed E-state index contributed by atoms with van der Waals surface area (Å²) in [6, 6.07) is 10.2. The Kier molecular flexibility index (Phi) is 10.1. The summed E-state index contributed by atoms with van der Waals surface area (Å²) >= 11 is 0. The SMILES string of the molecule is CCCC(NC(=O)NCc1ccc(F)cc1)C(=O)NCCNC(=O)Cc1ccc(F)cc1. The van der Waals surface area contributed by atoms with Crippen LogP contribution in [0.5, 0.6) is 0 Å². The Morgan fingerprint density at radius 1 is 0.812 bits per heavy atom. The van der Waals surface area contributed by atoms with E-state index in [1.54, 1.807) is 24.3 Å². The molecule has 0 fully saturated rings. The molecule has 2 aromatic carbocycles. The van der Waals surface area contributed by atoms with E-state index in [9.17, 15) is 23.2 Å². The van der Waals surface area contributed by atoms with Gasteiger partial charge in [-0.1, -0.05) is 37.6 Å². The van der Waals surface area contributed by atoms with Gasteiger partial charge in [-0.2, -0.15) is 0 Å². The third-order valence-electron chi connectivity index (χ3n) is 4.59. The number of halogens is 2. The normalized spacial score (nSPS) is 11.3. The summed E-state index contributed by atoms with van der Waals surface area (Å²) in [4.78, 5) is 36.5. The molecule has 4 amide bonds. The molecule has 32 heavy (non-hydrogen) atoms. The number of hydrogen-bond donors (Lipinski definition) is 4. The highest BCUT2D eigenvalue weighted by atomic mass is 19.1. The van der Waals surface area contributed by atoms with Crippen molar-refractivity contribution in [3.8, 4) is 0 Å². The molecule has 1 atom stereocenters. The molecule has 2 rings (SSSR count). The number of urea groups is 1. The highest BCUT2D eigenvalue weighted by Crippen LogP contribution is 2.04. The average molecular weight is 446 g/mol. The molecule has 1 unspecified atom stereocenters. The molecular formula is C23H28F2N4O3. The second-order valence-corrected chi connectivity index (χ2v) is 7.24. The van der Waals surface area contributed by atoms with Crippen LogP contribution in [-0.4, -0.2) is 37.0 Å². The Hall–Kier alpha value is -3.49. The van der Waals surface area contributed by atoms with Gasteiger partial charge in [-0.25, -0.2) is 13.6 Å². The van der Waals surface area contributed by atoms with E-state index in [-0.39, 0.29) is 49.5 Å². The minimum Gasteiger partial charge on any atom is -0.354 e. The molecule has 2 aromatic rings. The lowest BCUT2D eigenvalue weighted by Gasteiger charge is -2.18. The van der Waals surface area contributed by atoms with Crippen molar-refractivity contribution in [1.82, 2.24) is 21.3 Å². The summed E-state index contributed by atoms with van der Waals surface area (Å²) in [7, 11) is 0. The van der Waals surface area contributed by atoms with Crippen molar-refractivity contribution in [2.75, 3.05) is 13.1 Å². The van der Waals surface area contributed by atoms with Crippen LogP contribution in [0.4, 0.5) is 13.6 Å². The van der Waals surface area contributed by atoms with Crippen molar-refractivity contribution in [2.45, 2.75) is 38.8 Å². The molecule has 0 bridgehead atoms. The lowest BCUT2D eigenvalue weighted by atomic mass is 10.1. The summed E-state index contributed by atoms with van der Waals surface area (Å²) in [6.07, 6.45) is 1.25. The van der Waals surface area contributed by atoms with Crippen LogP contribution in [0.15, 0.2) is 48.5 Å². The van der Waals surface area contributed by atoms with Gasteiger partial charge in [-0.3, -0.25) is 9.59 Å². The van der Waals surface area contributed by atoms with E-state index >= 15 is 0 Å². The molecule has 0 aliphatic heterocycles.